The van der Waals surface area contributed by atoms with E-state index in [1.807, 2.05) is 23.6 Å². The molecule has 0 bridgehead atoms. The summed E-state index contributed by atoms with van der Waals surface area (Å²) < 4.78 is 0. The third-order valence-corrected chi connectivity index (χ3v) is 3.16. The molecule has 2 heterocycles. The van der Waals surface area contributed by atoms with Gasteiger partial charge in [0.2, 0.25) is 5.91 Å². The number of carboxylic acid groups (broad SMARTS) is 1. The lowest BCUT2D eigenvalue weighted by Gasteiger charge is -2.37. The van der Waals surface area contributed by atoms with Crippen molar-refractivity contribution < 1.29 is 14.7 Å². The molecule has 6 heteroatoms. The van der Waals surface area contributed by atoms with Gasteiger partial charge in [0.1, 0.15) is 5.82 Å². The van der Waals surface area contributed by atoms with Crippen LogP contribution in [0.25, 0.3) is 0 Å². The first kappa shape index (κ1) is 13.3. The highest BCUT2D eigenvalue weighted by Crippen LogP contribution is 2.16. The Labute approximate surface area is 111 Å². The molecule has 0 radical (unpaired) electrons. The third kappa shape index (κ3) is 2.83. The number of piperazine rings is 1. The zero-order valence-corrected chi connectivity index (χ0v) is 11.0. The lowest BCUT2D eigenvalue weighted by atomic mass is 10.2. The van der Waals surface area contributed by atoms with E-state index in [1.54, 1.807) is 12.1 Å². The summed E-state index contributed by atoms with van der Waals surface area (Å²) in [6.45, 7) is 5.51. The van der Waals surface area contributed by atoms with Gasteiger partial charge in [0.15, 0.2) is 5.69 Å². The van der Waals surface area contributed by atoms with E-state index in [-0.39, 0.29) is 24.2 Å². The van der Waals surface area contributed by atoms with Gasteiger partial charge in [-0.2, -0.15) is 0 Å². The second kappa shape index (κ2) is 5.26. The lowest BCUT2D eigenvalue weighted by Crippen LogP contribution is -2.53. The number of aromatic carboxylic acids is 1. The molecule has 1 aromatic heterocycles. The summed E-state index contributed by atoms with van der Waals surface area (Å²) in [5.74, 6) is -0.477. The fourth-order valence-electron chi connectivity index (χ4n) is 2.15. The van der Waals surface area contributed by atoms with Crippen molar-refractivity contribution in [3.8, 4) is 0 Å². The summed E-state index contributed by atoms with van der Waals surface area (Å²) >= 11 is 0. The number of anilines is 1. The Bertz CT molecular complexity index is 502. The van der Waals surface area contributed by atoms with Gasteiger partial charge in [-0.05, 0) is 26.0 Å². The second-order valence-electron chi connectivity index (χ2n) is 4.79. The maximum absolute atomic E-state index is 12.0. The average Bonchev–Trinajstić information content (AvgIpc) is 2.38. The van der Waals surface area contributed by atoms with Crippen LogP contribution in [-0.2, 0) is 4.79 Å². The number of amides is 1. The predicted octanol–water partition coefficient (Wildman–Crippen LogP) is 0.837. The zero-order valence-electron chi connectivity index (χ0n) is 11.0. The normalized spacial score (nSPS) is 16.1. The van der Waals surface area contributed by atoms with Crippen molar-refractivity contribution in [3.05, 3.63) is 23.9 Å². The number of hydrogen-bond acceptors (Lipinski definition) is 4. The number of hydrogen-bond donors (Lipinski definition) is 1. The number of carbonyl (C=O) groups is 2. The summed E-state index contributed by atoms with van der Waals surface area (Å²) in [6, 6.07) is 5.00. The van der Waals surface area contributed by atoms with Crippen LogP contribution in [0.2, 0.25) is 0 Å². The van der Waals surface area contributed by atoms with E-state index in [9.17, 15) is 9.59 Å². The van der Waals surface area contributed by atoms with E-state index >= 15 is 0 Å². The maximum Gasteiger partial charge on any atom is 0.354 e. The van der Waals surface area contributed by atoms with E-state index in [0.717, 1.165) is 0 Å². The molecule has 2 rings (SSSR count). The smallest absolute Gasteiger partial charge is 0.354 e. The van der Waals surface area contributed by atoms with E-state index in [4.69, 9.17) is 5.11 Å². The van der Waals surface area contributed by atoms with Gasteiger partial charge in [0.25, 0.3) is 0 Å². The Kier molecular flexibility index (Phi) is 3.69. The number of pyridine rings is 1. The number of carboxylic acids is 1. The first-order chi connectivity index (χ1) is 8.99. The van der Waals surface area contributed by atoms with Crippen LogP contribution in [0.3, 0.4) is 0 Å². The molecule has 1 aliphatic heterocycles. The van der Waals surface area contributed by atoms with Crippen LogP contribution in [0, 0.1) is 0 Å². The van der Waals surface area contributed by atoms with Crippen LogP contribution in [0.5, 0.6) is 0 Å². The number of aromatic nitrogens is 1. The van der Waals surface area contributed by atoms with Gasteiger partial charge in [-0.1, -0.05) is 6.07 Å². The van der Waals surface area contributed by atoms with Gasteiger partial charge in [0, 0.05) is 19.1 Å². The average molecular weight is 263 g/mol. The van der Waals surface area contributed by atoms with Crippen LogP contribution in [0.15, 0.2) is 18.2 Å². The van der Waals surface area contributed by atoms with E-state index in [1.165, 1.54) is 6.07 Å². The first-order valence-corrected chi connectivity index (χ1v) is 6.24. The highest BCUT2D eigenvalue weighted by atomic mass is 16.4. The first-order valence-electron chi connectivity index (χ1n) is 6.24. The Morgan fingerprint density at radius 2 is 2.11 bits per heavy atom. The molecule has 1 saturated heterocycles. The molecular formula is C13H17N3O3. The SMILES string of the molecule is CC(C)N1CCN(c2cccc(C(=O)O)n2)CC1=O. The monoisotopic (exact) mass is 263 g/mol. The maximum atomic E-state index is 12.0. The fraction of sp³-hybridized carbons (Fsp3) is 0.462. The second-order valence-corrected chi connectivity index (χ2v) is 4.79. The summed E-state index contributed by atoms with van der Waals surface area (Å²) in [7, 11) is 0. The van der Waals surface area contributed by atoms with E-state index in [0.29, 0.717) is 18.9 Å². The Hall–Kier alpha value is -2.11. The van der Waals surface area contributed by atoms with Crippen molar-refractivity contribution in [1.29, 1.82) is 0 Å². The molecule has 6 nitrogen and oxygen atoms in total. The molecule has 19 heavy (non-hydrogen) atoms. The quantitative estimate of drug-likeness (QED) is 0.874. The van der Waals surface area contributed by atoms with Crippen LogP contribution in [0.4, 0.5) is 5.82 Å². The molecule has 1 fully saturated rings. The van der Waals surface area contributed by atoms with Crippen LogP contribution in [0.1, 0.15) is 24.3 Å². The fourth-order valence-corrected chi connectivity index (χ4v) is 2.15. The van der Waals surface area contributed by atoms with E-state index in [2.05, 4.69) is 4.98 Å². The Morgan fingerprint density at radius 3 is 2.68 bits per heavy atom. The molecule has 1 N–H and O–H groups in total. The Balaban J connectivity index is 2.14. The van der Waals surface area contributed by atoms with Crippen molar-refractivity contribution >= 4 is 17.7 Å². The largest absolute Gasteiger partial charge is 0.477 e. The molecule has 0 aliphatic carbocycles. The molecule has 1 amide bonds. The molecular weight excluding hydrogens is 246 g/mol. The number of rotatable bonds is 3. The third-order valence-electron chi connectivity index (χ3n) is 3.16. The predicted molar refractivity (Wildman–Crippen MR) is 70.3 cm³/mol. The summed E-state index contributed by atoms with van der Waals surface area (Å²) in [4.78, 5) is 30.5. The highest BCUT2D eigenvalue weighted by molar-refractivity contribution is 5.86. The van der Waals surface area contributed by atoms with Gasteiger partial charge in [-0.15, -0.1) is 0 Å². The van der Waals surface area contributed by atoms with Crippen molar-refractivity contribution in [2.24, 2.45) is 0 Å². The minimum Gasteiger partial charge on any atom is -0.477 e. The van der Waals surface area contributed by atoms with Crippen molar-refractivity contribution in [2.75, 3.05) is 24.5 Å². The van der Waals surface area contributed by atoms with Crippen molar-refractivity contribution in [3.63, 3.8) is 0 Å². The van der Waals surface area contributed by atoms with Gasteiger partial charge in [-0.25, -0.2) is 9.78 Å². The molecule has 102 valence electrons. The van der Waals surface area contributed by atoms with Crippen molar-refractivity contribution in [2.45, 2.75) is 19.9 Å². The van der Waals surface area contributed by atoms with E-state index < -0.39 is 5.97 Å². The van der Waals surface area contributed by atoms with Gasteiger partial charge < -0.3 is 14.9 Å². The minimum absolute atomic E-state index is 0.00348. The summed E-state index contributed by atoms with van der Waals surface area (Å²) in [6.07, 6.45) is 0. The summed E-state index contributed by atoms with van der Waals surface area (Å²) in [5, 5.41) is 8.92. The van der Waals surface area contributed by atoms with Crippen molar-refractivity contribution in [1.82, 2.24) is 9.88 Å². The Morgan fingerprint density at radius 1 is 1.37 bits per heavy atom. The molecule has 1 aliphatic rings. The lowest BCUT2D eigenvalue weighted by molar-refractivity contribution is -0.132. The molecule has 0 saturated carbocycles. The van der Waals surface area contributed by atoms with Gasteiger partial charge in [0.05, 0.1) is 6.54 Å². The minimum atomic E-state index is -1.06. The molecule has 0 spiro atoms. The highest BCUT2D eigenvalue weighted by Gasteiger charge is 2.26. The van der Waals surface area contributed by atoms with Gasteiger partial charge >= 0.3 is 5.97 Å². The van der Waals surface area contributed by atoms with Crippen LogP contribution in [-0.4, -0.2) is 52.5 Å². The van der Waals surface area contributed by atoms with Crippen LogP contribution >= 0.6 is 0 Å². The number of nitrogens with zero attached hydrogens (tertiary/aromatic N) is 3. The summed E-state index contributed by atoms with van der Waals surface area (Å²) in [5.41, 5.74) is -0.00348. The van der Waals surface area contributed by atoms with Crippen LogP contribution < -0.4 is 4.90 Å². The molecule has 0 aromatic carbocycles. The molecule has 1 aromatic rings. The zero-order chi connectivity index (χ0) is 14.0. The molecule has 0 atom stereocenters. The molecule has 0 unspecified atom stereocenters. The number of carbonyl (C=O) groups excluding carboxylic acids is 1. The van der Waals surface area contributed by atoms with Gasteiger partial charge in [-0.3, -0.25) is 4.79 Å². The standard InChI is InChI=1S/C13H17N3O3/c1-9(2)16-7-6-15(8-12(16)17)11-5-3-4-10(14-11)13(18)19/h3-5,9H,6-8H2,1-2H3,(H,18,19). The topological polar surface area (TPSA) is 73.7 Å².